The van der Waals surface area contributed by atoms with E-state index in [9.17, 15) is 14.9 Å². The zero-order valence-electron chi connectivity index (χ0n) is 14.6. The molecule has 138 valence electrons. The number of hydrogen-bond acceptors (Lipinski definition) is 5. The van der Waals surface area contributed by atoms with Crippen LogP contribution in [0, 0.1) is 16.0 Å². The van der Waals surface area contributed by atoms with Gasteiger partial charge in [-0.25, -0.2) is 0 Å². The van der Waals surface area contributed by atoms with Gasteiger partial charge in [0.1, 0.15) is 0 Å². The van der Waals surface area contributed by atoms with Gasteiger partial charge in [0.2, 0.25) is 17.4 Å². The Balaban J connectivity index is 1.58. The summed E-state index contributed by atoms with van der Waals surface area (Å²) in [7, 11) is 0. The Morgan fingerprint density at radius 3 is 2.74 bits per heavy atom. The lowest BCUT2D eigenvalue weighted by Crippen LogP contribution is -2.41. The number of para-hydroxylation sites is 1. The monoisotopic (exact) mass is 365 g/mol. The number of carbonyl (C=O) groups is 1. The van der Waals surface area contributed by atoms with Crippen LogP contribution in [0.5, 0.6) is 0 Å². The van der Waals surface area contributed by atoms with E-state index in [0.717, 1.165) is 18.5 Å². The molecule has 1 saturated heterocycles. The molecule has 1 unspecified atom stereocenters. The number of carbonyl (C=O) groups excluding carboxylic acids is 1. The zero-order valence-corrected chi connectivity index (χ0v) is 14.6. The molecule has 1 aromatic carbocycles. The highest BCUT2D eigenvalue weighted by Crippen LogP contribution is 2.32. The Morgan fingerprint density at radius 1 is 1.19 bits per heavy atom. The van der Waals surface area contributed by atoms with E-state index in [0.29, 0.717) is 24.6 Å². The second kappa shape index (κ2) is 7.06. The summed E-state index contributed by atoms with van der Waals surface area (Å²) in [5.74, 6) is -0.0566. The Bertz CT molecular complexity index is 985. The van der Waals surface area contributed by atoms with Crippen molar-refractivity contribution in [3.8, 4) is 0 Å². The maximum absolute atomic E-state index is 12.6. The minimum absolute atomic E-state index is 0.0604. The number of anilines is 2. The summed E-state index contributed by atoms with van der Waals surface area (Å²) >= 11 is 0. The van der Waals surface area contributed by atoms with E-state index in [1.54, 1.807) is 24.4 Å². The van der Waals surface area contributed by atoms with Gasteiger partial charge in [0.05, 0.1) is 12.1 Å². The van der Waals surface area contributed by atoms with Gasteiger partial charge in [0.15, 0.2) is 0 Å². The molecule has 8 heteroatoms. The summed E-state index contributed by atoms with van der Waals surface area (Å²) in [5, 5.41) is 14.6. The molecule has 1 N–H and O–H groups in total. The fraction of sp³-hybridized carbons (Fsp3) is 0.263. The van der Waals surface area contributed by atoms with Crippen LogP contribution in [0.25, 0.3) is 5.65 Å². The van der Waals surface area contributed by atoms with Gasteiger partial charge in [-0.15, -0.1) is 0 Å². The van der Waals surface area contributed by atoms with E-state index in [2.05, 4.69) is 10.3 Å². The Hall–Kier alpha value is -3.42. The number of pyridine rings is 1. The largest absolute Gasteiger partial charge is 0.372 e. The van der Waals surface area contributed by atoms with Gasteiger partial charge in [0.25, 0.3) is 0 Å². The van der Waals surface area contributed by atoms with E-state index in [1.807, 2.05) is 35.2 Å². The highest BCUT2D eigenvalue weighted by atomic mass is 16.6. The molecule has 2 aromatic heterocycles. The lowest BCUT2D eigenvalue weighted by atomic mass is 9.97. The molecule has 3 aromatic rings. The number of nitrogens with one attached hydrogen (secondary N) is 1. The third kappa shape index (κ3) is 3.33. The van der Waals surface area contributed by atoms with Crippen molar-refractivity contribution in [2.45, 2.75) is 12.8 Å². The molecule has 1 aliphatic rings. The van der Waals surface area contributed by atoms with Gasteiger partial charge in [-0.3, -0.25) is 4.79 Å². The van der Waals surface area contributed by atoms with E-state index in [1.165, 1.54) is 4.40 Å². The van der Waals surface area contributed by atoms with E-state index < -0.39 is 4.92 Å². The fourth-order valence-electron chi connectivity index (χ4n) is 3.50. The molecule has 1 aliphatic heterocycles. The minimum Gasteiger partial charge on any atom is -0.358 e. The van der Waals surface area contributed by atoms with Gasteiger partial charge in [-0.2, -0.15) is 9.38 Å². The number of rotatable bonds is 4. The molecule has 0 saturated carbocycles. The summed E-state index contributed by atoms with van der Waals surface area (Å²) < 4.78 is 1.48. The molecular weight excluding hydrogens is 346 g/mol. The SMILES string of the molecule is O=C(Nc1ccccc1)C1CCCN(c2nc3ccccn3c2[N+](=O)[O-])C1. The normalized spacial score (nSPS) is 17.0. The number of amides is 1. The standard InChI is InChI=1S/C19H19N5O3/c25-18(20-15-8-2-1-3-9-15)14-7-6-11-22(13-14)17-19(24(26)27)23-12-5-4-10-16(23)21-17/h1-5,8-10,12,14H,6-7,11,13H2,(H,20,25). The smallest absolute Gasteiger partial charge is 0.358 e. The van der Waals surface area contributed by atoms with Crippen LogP contribution in [0.3, 0.4) is 0 Å². The number of aromatic nitrogens is 2. The Kier molecular flexibility index (Phi) is 4.45. The summed E-state index contributed by atoms with van der Waals surface area (Å²) in [6.07, 6.45) is 3.15. The Labute approximate surface area is 155 Å². The van der Waals surface area contributed by atoms with E-state index in [4.69, 9.17) is 0 Å². The molecule has 0 bridgehead atoms. The lowest BCUT2D eigenvalue weighted by molar-refractivity contribution is -0.389. The van der Waals surface area contributed by atoms with Crippen LogP contribution in [0.4, 0.5) is 17.3 Å². The molecule has 27 heavy (non-hydrogen) atoms. The second-order valence-electron chi connectivity index (χ2n) is 6.59. The van der Waals surface area contributed by atoms with Crippen LogP contribution >= 0.6 is 0 Å². The molecule has 1 atom stereocenters. The molecule has 1 amide bonds. The number of nitrogens with zero attached hydrogens (tertiary/aromatic N) is 4. The maximum Gasteiger partial charge on any atom is 0.372 e. The summed E-state index contributed by atoms with van der Waals surface area (Å²) in [4.78, 5) is 30.2. The minimum atomic E-state index is -0.414. The van der Waals surface area contributed by atoms with Crippen molar-refractivity contribution in [2.75, 3.05) is 23.3 Å². The average Bonchev–Trinajstić information content (AvgIpc) is 3.09. The molecule has 3 heterocycles. The molecule has 1 fully saturated rings. The van der Waals surface area contributed by atoms with E-state index in [-0.39, 0.29) is 17.6 Å². The van der Waals surface area contributed by atoms with Crippen LogP contribution in [0.1, 0.15) is 12.8 Å². The average molecular weight is 365 g/mol. The van der Waals surface area contributed by atoms with Crippen LogP contribution in [-0.2, 0) is 4.79 Å². The third-order valence-corrected chi connectivity index (χ3v) is 4.79. The molecule has 0 aliphatic carbocycles. The Morgan fingerprint density at radius 2 is 1.96 bits per heavy atom. The van der Waals surface area contributed by atoms with Crippen LogP contribution < -0.4 is 10.2 Å². The summed E-state index contributed by atoms with van der Waals surface area (Å²) in [5.41, 5.74) is 1.27. The molecule has 8 nitrogen and oxygen atoms in total. The van der Waals surface area contributed by atoms with Crippen molar-refractivity contribution in [1.29, 1.82) is 0 Å². The number of imidazole rings is 1. The summed E-state index contributed by atoms with van der Waals surface area (Å²) in [6.45, 7) is 1.04. The van der Waals surface area contributed by atoms with Crippen LogP contribution in [-0.4, -0.2) is 33.3 Å². The first-order valence-electron chi connectivity index (χ1n) is 8.86. The molecular formula is C19H19N5O3. The van der Waals surface area contributed by atoms with Crippen molar-refractivity contribution in [2.24, 2.45) is 5.92 Å². The summed E-state index contributed by atoms with van der Waals surface area (Å²) in [6, 6.07) is 14.6. The predicted molar refractivity (Wildman–Crippen MR) is 102 cm³/mol. The lowest BCUT2D eigenvalue weighted by Gasteiger charge is -2.31. The fourth-order valence-corrected chi connectivity index (χ4v) is 3.50. The first-order valence-corrected chi connectivity index (χ1v) is 8.86. The number of piperidine rings is 1. The first kappa shape index (κ1) is 17.0. The van der Waals surface area contributed by atoms with Gasteiger partial charge in [-0.05, 0) is 36.0 Å². The second-order valence-corrected chi connectivity index (χ2v) is 6.59. The molecule has 0 spiro atoms. The van der Waals surface area contributed by atoms with E-state index >= 15 is 0 Å². The molecule has 0 radical (unpaired) electrons. The molecule has 4 rings (SSSR count). The number of benzene rings is 1. The van der Waals surface area contributed by atoms with Gasteiger partial charge in [0, 0.05) is 24.8 Å². The number of nitro groups is 1. The highest BCUT2D eigenvalue weighted by Gasteiger charge is 2.32. The third-order valence-electron chi connectivity index (χ3n) is 4.79. The number of hydrogen-bond donors (Lipinski definition) is 1. The van der Waals surface area contributed by atoms with Crippen LogP contribution in [0.2, 0.25) is 0 Å². The van der Waals surface area contributed by atoms with Crippen molar-refractivity contribution in [3.05, 3.63) is 64.8 Å². The van der Waals surface area contributed by atoms with Crippen molar-refractivity contribution in [1.82, 2.24) is 9.38 Å². The van der Waals surface area contributed by atoms with Gasteiger partial charge in [-0.1, -0.05) is 24.3 Å². The highest BCUT2D eigenvalue weighted by molar-refractivity contribution is 5.93. The van der Waals surface area contributed by atoms with Crippen molar-refractivity contribution < 1.29 is 9.72 Å². The van der Waals surface area contributed by atoms with Crippen molar-refractivity contribution in [3.63, 3.8) is 0 Å². The van der Waals surface area contributed by atoms with Crippen LogP contribution in [0.15, 0.2) is 54.7 Å². The zero-order chi connectivity index (χ0) is 18.8. The maximum atomic E-state index is 12.6. The topological polar surface area (TPSA) is 92.8 Å². The quantitative estimate of drug-likeness (QED) is 0.566. The van der Waals surface area contributed by atoms with Gasteiger partial charge < -0.3 is 20.3 Å². The number of fused-ring (bicyclic) bond motifs is 1. The predicted octanol–water partition coefficient (Wildman–Crippen LogP) is 3.10. The first-order chi connectivity index (χ1) is 13.1. The van der Waals surface area contributed by atoms with Gasteiger partial charge >= 0.3 is 5.82 Å². The van der Waals surface area contributed by atoms with Crippen molar-refractivity contribution >= 4 is 28.9 Å².